The smallest absolute Gasteiger partial charge is 0.142 e. The molecule has 48 valence electrons. The number of nitrogen functional groups attached to an aromatic ring is 2. The molecule has 1 aromatic heterocycles. The van der Waals surface area contributed by atoms with Gasteiger partial charge in [-0.15, -0.1) is 0 Å². The predicted molar refractivity (Wildman–Crippen MR) is 36.5 cm³/mol. The van der Waals surface area contributed by atoms with Crippen LogP contribution in [0.25, 0.3) is 0 Å². The number of nitrogens with one attached hydrogen (secondary N) is 1. The summed E-state index contributed by atoms with van der Waals surface area (Å²) in [6.45, 7) is 0. The van der Waals surface area contributed by atoms with E-state index < -0.39 is 0 Å². The molecule has 0 aliphatic heterocycles. The van der Waals surface area contributed by atoms with Crippen LogP contribution < -0.4 is 17.0 Å². The van der Waals surface area contributed by atoms with Crippen LogP contribution in [0, 0.1) is 0 Å². The van der Waals surface area contributed by atoms with E-state index >= 15 is 0 Å². The largest absolute Gasteiger partial charge is 0.384 e. The molecule has 0 radical (unpaired) electrons. The molecule has 4 heteroatoms. The molecule has 4 nitrogen and oxygen atoms in total. The summed E-state index contributed by atoms with van der Waals surface area (Å²) in [6, 6.07) is 5.20. The van der Waals surface area contributed by atoms with Gasteiger partial charge in [-0.05, 0) is 12.1 Å². The van der Waals surface area contributed by atoms with E-state index in [9.17, 15) is 0 Å². The first-order valence-corrected chi connectivity index (χ1v) is 2.52. The number of pyridine rings is 1. The van der Waals surface area contributed by atoms with Crippen molar-refractivity contribution in [3.63, 3.8) is 0 Å². The number of anilines is 2. The molecule has 0 aromatic carbocycles. The fraction of sp³-hybridized carbons (Fsp3) is 0. The topological polar surface area (TPSA) is 77.0 Å². The second kappa shape index (κ2) is 2.32. The Morgan fingerprint density at radius 2 is 2.22 bits per heavy atom. The number of nitrogens with two attached hydrogens (primary N) is 2. The van der Waals surface area contributed by atoms with Gasteiger partial charge in [-0.3, -0.25) is 0 Å². The van der Waals surface area contributed by atoms with Crippen LogP contribution in [0.15, 0.2) is 18.2 Å². The van der Waals surface area contributed by atoms with E-state index in [0.29, 0.717) is 11.6 Å². The fourth-order valence-electron chi connectivity index (χ4n) is 0.532. The molecule has 0 unspecified atom stereocenters. The first-order chi connectivity index (χ1) is 4.33. The van der Waals surface area contributed by atoms with E-state index in [0.717, 1.165) is 0 Å². The van der Waals surface area contributed by atoms with Gasteiger partial charge in [-0.2, -0.15) is 0 Å². The molecule has 0 saturated heterocycles. The molecule has 9 heavy (non-hydrogen) atoms. The van der Waals surface area contributed by atoms with Gasteiger partial charge in [0.25, 0.3) is 0 Å². The lowest BCUT2D eigenvalue weighted by Gasteiger charge is -1.96. The van der Waals surface area contributed by atoms with Crippen LogP contribution >= 0.6 is 0 Å². The zero-order chi connectivity index (χ0) is 6.69. The van der Waals surface area contributed by atoms with Crippen molar-refractivity contribution < 1.29 is 0 Å². The van der Waals surface area contributed by atoms with Crippen molar-refractivity contribution in [3.8, 4) is 0 Å². The summed E-state index contributed by atoms with van der Waals surface area (Å²) in [6.07, 6.45) is 0. The number of rotatable bonds is 1. The first-order valence-electron chi connectivity index (χ1n) is 2.52. The van der Waals surface area contributed by atoms with Crippen LogP contribution in [0.5, 0.6) is 0 Å². The minimum absolute atomic E-state index is 0.463. The quantitative estimate of drug-likeness (QED) is 0.362. The van der Waals surface area contributed by atoms with Crippen molar-refractivity contribution >= 4 is 11.6 Å². The van der Waals surface area contributed by atoms with Crippen LogP contribution in [0.1, 0.15) is 0 Å². The molecule has 5 N–H and O–H groups in total. The molecule has 0 atom stereocenters. The molecule has 0 saturated carbocycles. The van der Waals surface area contributed by atoms with E-state index in [2.05, 4.69) is 10.4 Å². The second-order valence-electron chi connectivity index (χ2n) is 1.59. The number of nitrogens with zero attached hydrogens (tertiary/aromatic N) is 1. The van der Waals surface area contributed by atoms with Crippen LogP contribution in [-0.2, 0) is 0 Å². The van der Waals surface area contributed by atoms with Gasteiger partial charge in [-0.1, -0.05) is 6.07 Å². The molecule has 1 aromatic rings. The Bertz CT molecular complexity index is 198. The Morgan fingerprint density at radius 3 is 2.67 bits per heavy atom. The van der Waals surface area contributed by atoms with E-state index in [1.165, 1.54) is 0 Å². The third-order valence-corrected chi connectivity index (χ3v) is 0.919. The molecule has 0 amide bonds. The maximum absolute atomic E-state index is 5.33. The van der Waals surface area contributed by atoms with E-state index in [4.69, 9.17) is 11.6 Å². The molecule has 1 rings (SSSR count). The predicted octanol–water partition coefficient (Wildman–Crippen LogP) is -0.0506. The summed E-state index contributed by atoms with van der Waals surface area (Å²) in [4.78, 5) is 3.83. The zero-order valence-corrected chi connectivity index (χ0v) is 4.83. The third kappa shape index (κ3) is 1.30. The van der Waals surface area contributed by atoms with Crippen molar-refractivity contribution in [2.24, 2.45) is 5.84 Å². The second-order valence-corrected chi connectivity index (χ2v) is 1.59. The van der Waals surface area contributed by atoms with Gasteiger partial charge in [0.15, 0.2) is 0 Å². The number of hydrazine groups is 1. The Hall–Kier alpha value is -1.29. The van der Waals surface area contributed by atoms with Gasteiger partial charge in [0.2, 0.25) is 0 Å². The van der Waals surface area contributed by atoms with Gasteiger partial charge in [0.05, 0.1) is 0 Å². The average molecular weight is 124 g/mol. The summed E-state index contributed by atoms with van der Waals surface area (Å²) in [5, 5.41) is 0. The Kier molecular flexibility index (Phi) is 1.51. The molecule has 0 fully saturated rings. The van der Waals surface area contributed by atoms with Gasteiger partial charge in [-0.25, -0.2) is 10.8 Å². The number of hydrogen-bond donors (Lipinski definition) is 3. The molecular weight excluding hydrogens is 116 g/mol. The lowest BCUT2D eigenvalue weighted by molar-refractivity contribution is 1.23. The lowest BCUT2D eigenvalue weighted by atomic mass is 10.4. The SMILES string of the molecule is NNc1cccc(N)n1. The number of hydrogen-bond acceptors (Lipinski definition) is 4. The van der Waals surface area contributed by atoms with Crippen molar-refractivity contribution in [3.05, 3.63) is 18.2 Å². The van der Waals surface area contributed by atoms with Gasteiger partial charge >= 0.3 is 0 Å². The molecule has 1 heterocycles. The van der Waals surface area contributed by atoms with Gasteiger partial charge in [0.1, 0.15) is 11.6 Å². The molecule has 0 bridgehead atoms. The normalized spacial score (nSPS) is 9.00. The molecule has 0 spiro atoms. The fourth-order valence-corrected chi connectivity index (χ4v) is 0.532. The highest BCUT2D eigenvalue weighted by Gasteiger charge is 1.87. The highest BCUT2D eigenvalue weighted by molar-refractivity contribution is 5.40. The minimum Gasteiger partial charge on any atom is -0.384 e. The van der Waals surface area contributed by atoms with Crippen molar-refractivity contribution in [1.29, 1.82) is 0 Å². The highest BCUT2D eigenvalue weighted by atomic mass is 15.3. The Morgan fingerprint density at radius 1 is 1.44 bits per heavy atom. The molecule has 0 aliphatic carbocycles. The Labute approximate surface area is 52.9 Å². The van der Waals surface area contributed by atoms with Crippen molar-refractivity contribution in [1.82, 2.24) is 4.98 Å². The zero-order valence-electron chi connectivity index (χ0n) is 4.83. The van der Waals surface area contributed by atoms with Gasteiger partial charge < -0.3 is 11.2 Å². The van der Waals surface area contributed by atoms with E-state index in [1.54, 1.807) is 18.2 Å². The maximum Gasteiger partial charge on any atom is 0.142 e. The summed E-state index contributed by atoms with van der Waals surface area (Å²) < 4.78 is 0. The summed E-state index contributed by atoms with van der Waals surface area (Å²) in [5.74, 6) is 6.09. The number of aromatic nitrogens is 1. The van der Waals surface area contributed by atoms with Crippen molar-refractivity contribution in [2.75, 3.05) is 11.2 Å². The van der Waals surface area contributed by atoms with Crippen molar-refractivity contribution in [2.45, 2.75) is 0 Å². The first kappa shape index (κ1) is 5.84. The van der Waals surface area contributed by atoms with Crippen LogP contribution in [0.3, 0.4) is 0 Å². The maximum atomic E-state index is 5.33. The summed E-state index contributed by atoms with van der Waals surface area (Å²) >= 11 is 0. The minimum atomic E-state index is 0.463. The van der Waals surface area contributed by atoms with Crippen LogP contribution in [-0.4, -0.2) is 4.98 Å². The van der Waals surface area contributed by atoms with E-state index in [-0.39, 0.29) is 0 Å². The Balaban J connectivity index is 2.94. The molecular formula is C5H8N4. The third-order valence-electron chi connectivity index (χ3n) is 0.919. The standard InChI is InChI=1S/C5H8N4/c6-4-2-1-3-5(8-4)9-7/h1-3H,7H2,(H3,6,8,9). The van der Waals surface area contributed by atoms with E-state index in [1.807, 2.05) is 0 Å². The lowest BCUT2D eigenvalue weighted by Crippen LogP contribution is -2.08. The average Bonchev–Trinajstić information content (AvgIpc) is 1.88. The molecule has 0 aliphatic rings. The summed E-state index contributed by atoms with van der Waals surface area (Å²) in [7, 11) is 0. The summed E-state index contributed by atoms with van der Waals surface area (Å²) in [5.41, 5.74) is 7.70. The van der Waals surface area contributed by atoms with Gasteiger partial charge in [0, 0.05) is 0 Å². The monoisotopic (exact) mass is 124 g/mol. The van der Waals surface area contributed by atoms with Crippen LogP contribution in [0.4, 0.5) is 11.6 Å². The highest BCUT2D eigenvalue weighted by Crippen LogP contribution is 2.02. The van der Waals surface area contributed by atoms with Crippen LogP contribution in [0.2, 0.25) is 0 Å².